The third kappa shape index (κ3) is 6.29. The van der Waals surface area contributed by atoms with Gasteiger partial charge in [0.25, 0.3) is 5.91 Å². The fourth-order valence-electron chi connectivity index (χ4n) is 3.50. The Morgan fingerprint density at radius 3 is 2.48 bits per heavy atom. The second kappa shape index (κ2) is 11.3. The van der Waals surface area contributed by atoms with E-state index in [0.717, 1.165) is 25.7 Å². The van der Waals surface area contributed by atoms with Crippen molar-refractivity contribution < 1.29 is 22.7 Å². The van der Waals surface area contributed by atoms with Gasteiger partial charge in [0.1, 0.15) is 12.4 Å². The van der Waals surface area contributed by atoms with Crippen LogP contribution in [0.5, 0.6) is 5.75 Å². The minimum atomic E-state index is -3.59. The zero-order chi connectivity index (χ0) is 22.1. The Morgan fingerprint density at radius 1 is 1.00 bits per heavy atom. The highest BCUT2D eigenvalue weighted by molar-refractivity contribution is 7.89. The average Bonchev–Trinajstić information content (AvgIpc) is 3.07. The molecule has 8 heteroatoms. The van der Waals surface area contributed by atoms with Gasteiger partial charge in [-0.3, -0.25) is 4.79 Å². The standard InChI is InChI=1S/C23H30N2O5S/c1-2-29-16-17-30-22-13-6-5-12-21(22)23(26)24-19-10-9-11-20(18-19)31(27,28)25-14-7-3-4-8-15-25/h5-6,9-13,18H,2-4,7-8,14-17H2,1H3,(H,24,26). The van der Waals surface area contributed by atoms with E-state index < -0.39 is 10.0 Å². The molecule has 0 aliphatic carbocycles. The van der Waals surface area contributed by atoms with Gasteiger partial charge >= 0.3 is 0 Å². The smallest absolute Gasteiger partial charge is 0.259 e. The summed E-state index contributed by atoms with van der Waals surface area (Å²) in [5.74, 6) is 0.0874. The molecule has 1 fully saturated rings. The van der Waals surface area contributed by atoms with Gasteiger partial charge in [-0.25, -0.2) is 8.42 Å². The van der Waals surface area contributed by atoms with E-state index in [2.05, 4.69) is 5.32 Å². The van der Waals surface area contributed by atoms with E-state index in [4.69, 9.17) is 9.47 Å². The molecule has 7 nitrogen and oxygen atoms in total. The van der Waals surface area contributed by atoms with Gasteiger partial charge in [-0.2, -0.15) is 4.31 Å². The quantitative estimate of drug-likeness (QED) is 0.590. The summed E-state index contributed by atoms with van der Waals surface area (Å²) in [4.78, 5) is 13.0. The lowest BCUT2D eigenvalue weighted by Crippen LogP contribution is -2.32. The van der Waals surface area contributed by atoms with Gasteiger partial charge in [0.05, 0.1) is 17.1 Å². The van der Waals surface area contributed by atoms with Crippen molar-refractivity contribution in [3.05, 3.63) is 54.1 Å². The number of hydrogen-bond donors (Lipinski definition) is 1. The predicted molar refractivity (Wildman–Crippen MR) is 120 cm³/mol. The molecule has 0 radical (unpaired) electrons. The van der Waals surface area contributed by atoms with Crippen LogP contribution in [0, 0.1) is 0 Å². The number of carbonyl (C=O) groups excluding carboxylic acids is 1. The Kier molecular flexibility index (Phi) is 8.45. The molecule has 0 saturated carbocycles. The van der Waals surface area contributed by atoms with Crippen LogP contribution in [0.4, 0.5) is 5.69 Å². The molecular formula is C23H30N2O5S. The van der Waals surface area contributed by atoms with Gasteiger partial charge in [-0.05, 0) is 50.1 Å². The molecule has 0 aromatic heterocycles. The van der Waals surface area contributed by atoms with Crippen LogP contribution >= 0.6 is 0 Å². The maximum atomic E-state index is 13.1. The molecule has 2 aromatic carbocycles. The van der Waals surface area contributed by atoms with Crippen LogP contribution in [0.3, 0.4) is 0 Å². The molecule has 3 rings (SSSR count). The molecule has 1 heterocycles. The maximum Gasteiger partial charge on any atom is 0.259 e. The van der Waals surface area contributed by atoms with Crippen molar-refractivity contribution in [3.63, 3.8) is 0 Å². The highest BCUT2D eigenvalue weighted by Crippen LogP contribution is 2.24. The first-order chi connectivity index (χ1) is 15.0. The largest absolute Gasteiger partial charge is 0.490 e. The number of rotatable bonds is 9. The minimum absolute atomic E-state index is 0.188. The summed E-state index contributed by atoms with van der Waals surface area (Å²) in [6.45, 7) is 4.34. The Labute approximate surface area is 184 Å². The second-order valence-electron chi connectivity index (χ2n) is 7.34. The number of hydrogen-bond acceptors (Lipinski definition) is 5. The lowest BCUT2D eigenvalue weighted by Gasteiger charge is -2.20. The number of anilines is 1. The van der Waals surface area contributed by atoms with Crippen LogP contribution < -0.4 is 10.1 Å². The van der Waals surface area contributed by atoms with Gasteiger partial charge in [-0.1, -0.05) is 31.0 Å². The van der Waals surface area contributed by atoms with Crippen LogP contribution in [0.2, 0.25) is 0 Å². The molecule has 2 aromatic rings. The predicted octanol–water partition coefficient (Wildman–Crippen LogP) is 3.92. The number of carbonyl (C=O) groups is 1. The number of sulfonamides is 1. The van der Waals surface area contributed by atoms with E-state index in [9.17, 15) is 13.2 Å². The van der Waals surface area contributed by atoms with Crippen LogP contribution in [0.25, 0.3) is 0 Å². The number of nitrogens with zero attached hydrogens (tertiary/aromatic N) is 1. The van der Waals surface area contributed by atoms with E-state index in [0.29, 0.717) is 49.9 Å². The van der Waals surface area contributed by atoms with E-state index in [1.165, 1.54) is 6.07 Å². The Morgan fingerprint density at radius 2 is 1.74 bits per heavy atom. The first-order valence-corrected chi connectivity index (χ1v) is 12.2. The third-order valence-corrected chi connectivity index (χ3v) is 7.01. The second-order valence-corrected chi connectivity index (χ2v) is 9.28. The van der Waals surface area contributed by atoms with Gasteiger partial charge in [0, 0.05) is 25.4 Å². The van der Waals surface area contributed by atoms with Gasteiger partial charge in [0.15, 0.2) is 0 Å². The first kappa shape index (κ1) is 23.2. The fraction of sp³-hybridized carbons (Fsp3) is 0.435. The zero-order valence-electron chi connectivity index (χ0n) is 17.9. The lowest BCUT2D eigenvalue weighted by atomic mass is 10.2. The van der Waals surface area contributed by atoms with Crippen LogP contribution in [-0.4, -0.2) is 51.5 Å². The minimum Gasteiger partial charge on any atom is -0.490 e. The Balaban J connectivity index is 1.73. The first-order valence-electron chi connectivity index (χ1n) is 10.7. The molecule has 1 N–H and O–H groups in total. The van der Waals surface area contributed by atoms with Crippen molar-refractivity contribution in [3.8, 4) is 5.75 Å². The van der Waals surface area contributed by atoms with E-state index in [1.54, 1.807) is 46.8 Å². The van der Waals surface area contributed by atoms with Crippen LogP contribution in [-0.2, 0) is 14.8 Å². The number of nitrogens with one attached hydrogen (secondary N) is 1. The summed E-state index contributed by atoms with van der Waals surface area (Å²) in [6, 6.07) is 13.3. The molecule has 0 unspecified atom stereocenters. The van der Waals surface area contributed by atoms with Crippen LogP contribution in [0.15, 0.2) is 53.4 Å². The SMILES string of the molecule is CCOCCOc1ccccc1C(=O)Nc1cccc(S(=O)(=O)N2CCCCCC2)c1. The number of para-hydroxylation sites is 1. The highest BCUT2D eigenvalue weighted by atomic mass is 32.2. The Hall–Kier alpha value is -2.42. The molecule has 168 valence electrons. The molecule has 0 spiro atoms. The van der Waals surface area contributed by atoms with Gasteiger partial charge in [-0.15, -0.1) is 0 Å². The molecule has 31 heavy (non-hydrogen) atoms. The van der Waals surface area contributed by atoms with Crippen molar-refractivity contribution in [2.45, 2.75) is 37.5 Å². The molecule has 1 aliphatic heterocycles. The summed E-state index contributed by atoms with van der Waals surface area (Å²) in [7, 11) is -3.59. The van der Waals surface area contributed by atoms with E-state index in [-0.39, 0.29) is 10.8 Å². The van der Waals surface area contributed by atoms with Crippen molar-refractivity contribution in [2.24, 2.45) is 0 Å². The molecular weight excluding hydrogens is 416 g/mol. The highest BCUT2D eigenvalue weighted by Gasteiger charge is 2.25. The van der Waals surface area contributed by atoms with Crippen molar-refractivity contribution in [1.29, 1.82) is 0 Å². The number of ether oxygens (including phenoxy) is 2. The number of benzene rings is 2. The average molecular weight is 447 g/mol. The summed E-state index contributed by atoms with van der Waals surface area (Å²) >= 11 is 0. The van der Waals surface area contributed by atoms with Crippen molar-refractivity contribution in [1.82, 2.24) is 4.31 Å². The summed E-state index contributed by atoms with van der Waals surface area (Å²) < 4.78 is 38.6. The van der Waals surface area contributed by atoms with Gasteiger partial charge < -0.3 is 14.8 Å². The topological polar surface area (TPSA) is 84.9 Å². The molecule has 1 saturated heterocycles. The third-order valence-electron chi connectivity index (χ3n) is 5.12. The summed E-state index contributed by atoms with van der Waals surface area (Å²) in [6.07, 6.45) is 3.84. The maximum absolute atomic E-state index is 13.1. The Bertz CT molecular complexity index is 969. The van der Waals surface area contributed by atoms with E-state index in [1.807, 2.05) is 6.92 Å². The van der Waals surface area contributed by atoms with Gasteiger partial charge in [0.2, 0.25) is 10.0 Å². The molecule has 0 atom stereocenters. The molecule has 1 aliphatic rings. The lowest BCUT2D eigenvalue weighted by molar-refractivity contribution is 0.0998. The monoisotopic (exact) mass is 446 g/mol. The summed E-state index contributed by atoms with van der Waals surface area (Å²) in [5.41, 5.74) is 0.796. The van der Waals surface area contributed by atoms with E-state index >= 15 is 0 Å². The summed E-state index contributed by atoms with van der Waals surface area (Å²) in [5, 5.41) is 2.79. The van der Waals surface area contributed by atoms with Crippen molar-refractivity contribution in [2.75, 3.05) is 38.2 Å². The molecule has 1 amide bonds. The zero-order valence-corrected chi connectivity index (χ0v) is 18.7. The molecule has 0 bridgehead atoms. The normalized spacial score (nSPS) is 15.3. The fourth-order valence-corrected chi connectivity index (χ4v) is 5.06. The van der Waals surface area contributed by atoms with Crippen LogP contribution in [0.1, 0.15) is 43.0 Å². The van der Waals surface area contributed by atoms with Crippen molar-refractivity contribution >= 4 is 21.6 Å². The number of amides is 1.